The first-order chi connectivity index (χ1) is 14.3. The molecule has 3 aromatic rings. The van der Waals surface area contributed by atoms with Crippen molar-refractivity contribution in [3.63, 3.8) is 0 Å². The summed E-state index contributed by atoms with van der Waals surface area (Å²) in [6.45, 7) is 5.70. The van der Waals surface area contributed by atoms with Crippen LogP contribution in [0.1, 0.15) is 22.5 Å². The molecule has 0 aliphatic rings. The third kappa shape index (κ3) is 4.26. The Morgan fingerprint density at radius 1 is 1.13 bits per heavy atom. The van der Waals surface area contributed by atoms with E-state index >= 15 is 0 Å². The number of hydrogen-bond acceptors (Lipinski definition) is 3. The van der Waals surface area contributed by atoms with Gasteiger partial charge in [-0.3, -0.25) is 4.79 Å². The molecule has 3 rings (SSSR count). The van der Waals surface area contributed by atoms with Crippen LogP contribution in [-0.4, -0.2) is 17.6 Å². The number of aromatic nitrogens is 1. The number of benzene rings is 2. The third-order valence-electron chi connectivity index (χ3n) is 4.82. The quantitative estimate of drug-likeness (QED) is 0.476. The van der Waals surface area contributed by atoms with Crippen LogP contribution >= 0.6 is 0 Å². The normalized spacial score (nSPS) is 11.1. The van der Waals surface area contributed by atoms with Gasteiger partial charge >= 0.3 is 0 Å². The minimum Gasteiger partial charge on any atom is -0.495 e. The summed E-state index contributed by atoms with van der Waals surface area (Å²) in [6.07, 6.45) is 1.56. The first-order valence-electron chi connectivity index (χ1n) is 9.36. The molecule has 152 valence electrons. The van der Waals surface area contributed by atoms with Gasteiger partial charge in [0.15, 0.2) is 0 Å². The van der Waals surface area contributed by atoms with Crippen molar-refractivity contribution < 1.29 is 13.9 Å². The molecule has 0 unspecified atom stereocenters. The molecule has 0 saturated heterocycles. The molecule has 0 bridgehead atoms. The van der Waals surface area contributed by atoms with E-state index in [0.717, 1.165) is 28.2 Å². The Bertz CT molecular complexity index is 1170. The molecule has 0 aliphatic heterocycles. The molecule has 2 aromatic carbocycles. The van der Waals surface area contributed by atoms with Crippen molar-refractivity contribution in [1.82, 2.24) is 4.57 Å². The molecule has 0 spiro atoms. The Labute approximate surface area is 175 Å². The van der Waals surface area contributed by atoms with E-state index in [1.54, 1.807) is 30.3 Å². The third-order valence-corrected chi connectivity index (χ3v) is 4.82. The fourth-order valence-electron chi connectivity index (χ4n) is 3.33. The van der Waals surface area contributed by atoms with E-state index in [9.17, 15) is 14.4 Å². The lowest BCUT2D eigenvalue weighted by atomic mass is 10.1. The summed E-state index contributed by atoms with van der Waals surface area (Å²) in [5.74, 6) is -0.315. The number of anilines is 1. The van der Waals surface area contributed by atoms with E-state index in [1.165, 1.54) is 19.2 Å². The van der Waals surface area contributed by atoms with Gasteiger partial charge in [0.2, 0.25) is 0 Å². The molecule has 1 aromatic heterocycles. The van der Waals surface area contributed by atoms with Crippen molar-refractivity contribution in [3.05, 3.63) is 82.4 Å². The van der Waals surface area contributed by atoms with Crippen molar-refractivity contribution in [3.8, 4) is 17.5 Å². The summed E-state index contributed by atoms with van der Waals surface area (Å²) < 4.78 is 20.5. The summed E-state index contributed by atoms with van der Waals surface area (Å²) in [7, 11) is 1.52. The zero-order chi connectivity index (χ0) is 21.8. The average molecular weight is 403 g/mol. The number of methoxy groups -OCH3 is 1. The molecular weight excluding hydrogens is 381 g/mol. The predicted octanol–water partition coefficient (Wildman–Crippen LogP) is 5.10. The number of nitrogens with one attached hydrogen (secondary N) is 1. The van der Waals surface area contributed by atoms with Gasteiger partial charge in [0, 0.05) is 17.1 Å². The fraction of sp³-hybridized carbons (Fsp3) is 0.167. The Kier molecular flexibility index (Phi) is 6.03. The summed E-state index contributed by atoms with van der Waals surface area (Å²) in [6, 6.07) is 15.4. The fourth-order valence-corrected chi connectivity index (χ4v) is 3.33. The Balaban J connectivity index is 1.94. The molecule has 0 atom stereocenters. The molecule has 6 heteroatoms. The van der Waals surface area contributed by atoms with Gasteiger partial charge in [-0.1, -0.05) is 6.07 Å². The smallest absolute Gasteiger partial charge is 0.266 e. The van der Waals surface area contributed by atoms with Crippen LogP contribution in [-0.2, 0) is 4.79 Å². The number of hydrogen-bond donors (Lipinski definition) is 1. The molecule has 30 heavy (non-hydrogen) atoms. The number of halogens is 1. The van der Waals surface area contributed by atoms with Crippen LogP contribution in [0.15, 0.2) is 54.1 Å². The van der Waals surface area contributed by atoms with E-state index in [0.29, 0.717) is 11.4 Å². The van der Waals surface area contributed by atoms with E-state index in [4.69, 9.17) is 4.74 Å². The highest BCUT2D eigenvalue weighted by atomic mass is 19.1. The number of nitrogens with zero attached hydrogens (tertiary/aromatic N) is 2. The molecule has 0 aliphatic carbocycles. The lowest BCUT2D eigenvalue weighted by Crippen LogP contribution is -2.14. The van der Waals surface area contributed by atoms with Gasteiger partial charge in [-0.2, -0.15) is 5.26 Å². The molecule has 1 N–H and O–H groups in total. The van der Waals surface area contributed by atoms with Gasteiger partial charge < -0.3 is 14.6 Å². The summed E-state index contributed by atoms with van der Waals surface area (Å²) in [4.78, 5) is 12.7. The second kappa shape index (κ2) is 8.66. The topological polar surface area (TPSA) is 67.0 Å². The number of rotatable bonds is 5. The van der Waals surface area contributed by atoms with Crippen LogP contribution in [0.2, 0.25) is 0 Å². The zero-order valence-electron chi connectivity index (χ0n) is 17.3. The summed E-state index contributed by atoms with van der Waals surface area (Å²) in [5.41, 5.74) is 4.71. The van der Waals surface area contributed by atoms with Crippen LogP contribution in [0, 0.1) is 37.9 Å². The lowest BCUT2D eigenvalue weighted by Gasteiger charge is -2.11. The second-order valence-electron chi connectivity index (χ2n) is 6.97. The van der Waals surface area contributed by atoms with Crippen LogP contribution in [0.4, 0.5) is 10.1 Å². The molecule has 0 radical (unpaired) electrons. The van der Waals surface area contributed by atoms with Crippen LogP contribution in [0.25, 0.3) is 11.8 Å². The number of carbonyl (C=O) groups excluding carboxylic acids is 1. The minimum atomic E-state index is -0.520. The first kappa shape index (κ1) is 20.9. The van der Waals surface area contributed by atoms with Gasteiger partial charge in [0.25, 0.3) is 5.91 Å². The molecule has 1 heterocycles. The molecule has 1 amide bonds. The van der Waals surface area contributed by atoms with Gasteiger partial charge in [-0.25, -0.2) is 4.39 Å². The second-order valence-corrected chi connectivity index (χ2v) is 6.97. The maximum atomic E-state index is 13.3. The van der Waals surface area contributed by atoms with Gasteiger partial charge in [-0.05, 0) is 80.4 Å². The van der Waals surface area contributed by atoms with Gasteiger partial charge in [0.05, 0.1) is 12.8 Å². The predicted molar refractivity (Wildman–Crippen MR) is 115 cm³/mol. The van der Waals surface area contributed by atoms with E-state index in [2.05, 4.69) is 5.32 Å². The number of ether oxygens (including phenoxy) is 1. The maximum absolute atomic E-state index is 13.3. The number of aryl methyl sites for hydroxylation is 2. The van der Waals surface area contributed by atoms with Crippen molar-refractivity contribution in [2.24, 2.45) is 0 Å². The van der Waals surface area contributed by atoms with Crippen molar-refractivity contribution in [2.45, 2.75) is 20.8 Å². The standard InChI is InChI=1S/C24H22FN3O2/c1-15-5-10-23(30-4)22(11-15)27-24(29)19(14-26)13-18-12-16(2)28(17(18)3)21-8-6-20(25)7-9-21/h5-13H,1-4H3,(H,27,29)/b19-13+. The first-order valence-corrected chi connectivity index (χ1v) is 9.36. The Hall–Kier alpha value is -3.85. The van der Waals surface area contributed by atoms with Gasteiger partial charge in [0.1, 0.15) is 23.2 Å². The van der Waals surface area contributed by atoms with Crippen molar-refractivity contribution in [2.75, 3.05) is 12.4 Å². The highest BCUT2D eigenvalue weighted by Crippen LogP contribution is 2.27. The number of amides is 1. The zero-order valence-corrected chi connectivity index (χ0v) is 17.3. The van der Waals surface area contributed by atoms with E-state index in [-0.39, 0.29) is 11.4 Å². The Morgan fingerprint density at radius 2 is 1.83 bits per heavy atom. The minimum absolute atomic E-state index is 0.0297. The largest absolute Gasteiger partial charge is 0.495 e. The molecular formula is C24H22FN3O2. The Morgan fingerprint density at radius 3 is 2.47 bits per heavy atom. The molecule has 5 nitrogen and oxygen atoms in total. The maximum Gasteiger partial charge on any atom is 0.266 e. The SMILES string of the molecule is COc1ccc(C)cc1NC(=O)/C(C#N)=C/c1cc(C)n(-c2ccc(F)cc2)c1C. The summed E-state index contributed by atoms with van der Waals surface area (Å²) in [5, 5.41) is 12.3. The van der Waals surface area contributed by atoms with Gasteiger partial charge in [-0.15, -0.1) is 0 Å². The lowest BCUT2D eigenvalue weighted by molar-refractivity contribution is -0.112. The van der Waals surface area contributed by atoms with Crippen LogP contribution in [0.5, 0.6) is 5.75 Å². The monoisotopic (exact) mass is 403 g/mol. The van der Waals surface area contributed by atoms with Crippen LogP contribution < -0.4 is 10.1 Å². The number of nitriles is 1. The molecule has 0 fully saturated rings. The van der Waals surface area contributed by atoms with Crippen molar-refractivity contribution in [1.29, 1.82) is 5.26 Å². The highest BCUT2D eigenvalue weighted by molar-refractivity contribution is 6.10. The summed E-state index contributed by atoms with van der Waals surface area (Å²) >= 11 is 0. The van der Waals surface area contributed by atoms with E-state index in [1.807, 2.05) is 43.5 Å². The average Bonchev–Trinajstić information content (AvgIpc) is 3.00. The van der Waals surface area contributed by atoms with Crippen molar-refractivity contribution >= 4 is 17.7 Å². The van der Waals surface area contributed by atoms with E-state index < -0.39 is 5.91 Å². The number of carbonyl (C=O) groups is 1. The highest BCUT2D eigenvalue weighted by Gasteiger charge is 2.15. The van der Waals surface area contributed by atoms with Crippen LogP contribution in [0.3, 0.4) is 0 Å². The molecule has 0 saturated carbocycles.